The van der Waals surface area contributed by atoms with E-state index in [0.717, 1.165) is 55.8 Å². The summed E-state index contributed by atoms with van der Waals surface area (Å²) < 4.78 is 0. The zero-order chi connectivity index (χ0) is 21.8. The minimum absolute atomic E-state index is 0.0539. The molecular weight excluding hydrogens is 388 g/mol. The van der Waals surface area contributed by atoms with Crippen molar-refractivity contribution in [2.75, 3.05) is 38.0 Å². The summed E-state index contributed by atoms with van der Waals surface area (Å²) in [6.45, 7) is 8.08. The topological polar surface area (TPSA) is 67.1 Å². The smallest absolute Gasteiger partial charge is 0.283 e. The Kier molecular flexibility index (Phi) is 6.68. The summed E-state index contributed by atoms with van der Waals surface area (Å²) in [4.78, 5) is 28.2. The molecule has 2 aromatic carbocycles. The van der Waals surface area contributed by atoms with Crippen LogP contribution in [0.1, 0.15) is 35.6 Å². The first-order valence-corrected chi connectivity index (χ1v) is 11.4. The molecule has 2 fully saturated rings. The van der Waals surface area contributed by atoms with Gasteiger partial charge in [0.1, 0.15) is 26.2 Å². The first-order valence-electron chi connectivity index (χ1n) is 11.4. The molecule has 1 saturated heterocycles. The number of carbonyl (C=O) groups is 2. The van der Waals surface area contributed by atoms with E-state index in [4.69, 9.17) is 0 Å². The van der Waals surface area contributed by atoms with Crippen molar-refractivity contribution >= 4 is 17.5 Å². The van der Waals surface area contributed by atoms with Crippen LogP contribution >= 0.6 is 0 Å². The van der Waals surface area contributed by atoms with E-state index in [2.05, 4.69) is 35.8 Å². The summed E-state index contributed by atoms with van der Waals surface area (Å²) in [5.41, 5.74) is 4.27. The Labute approximate surface area is 184 Å². The van der Waals surface area contributed by atoms with Crippen molar-refractivity contribution in [2.45, 2.75) is 38.8 Å². The predicted octanol–water partition coefficient (Wildman–Crippen LogP) is 0.0452. The molecular formula is C25H34N4O2+2. The molecule has 31 heavy (non-hydrogen) atoms. The maximum Gasteiger partial charge on any atom is 0.283 e. The van der Waals surface area contributed by atoms with E-state index in [1.807, 2.05) is 37.3 Å². The fourth-order valence-electron chi connectivity index (χ4n) is 4.43. The minimum Gasteiger partial charge on any atom is -0.348 e. The van der Waals surface area contributed by atoms with E-state index in [9.17, 15) is 9.59 Å². The van der Waals surface area contributed by atoms with Gasteiger partial charge in [-0.25, -0.2) is 0 Å². The van der Waals surface area contributed by atoms with E-state index in [-0.39, 0.29) is 17.9 Å². The second kappa shape index (κ2) is 9.62. The molecule has 2 aromatic rings. The van der Waals surface area contributed by atoms with Crippen LogP contribution in [0, 0.1) is 13.8 Å². The highest BCUT2D eigenvalue weighted by Gasteiger charge is 2.38. The molecule has 0 radical (unpaired) electrons. The number of quaternary nitrogens is 2. The van der Waals surface area contributed by atoms with Gasteiger partial charge in [-0.1, -0.05) is 42.5 Å². The van der Waals surface area contributed by atoms with Crippen LogP contribution < -0.4 is 20.4 Å². The first-order chi connectivity index (χ1) is 15.0. The number of anilines is 1. The van der Waals surface area contributed by atoms with Crippen LogP contribution in [0.3, 0.4) is 0 Å². The van der Waals surface area contributed by atoms with E-state index in [1.165, 1.54) is 15.4 Å². The lowest BCUT2D eigenvalue weighted by atomic mass is 10.0. The number of hydrogen-bond acceptors (Lipinski definition) is 2. The molecule has 164 valence electrons. The summed E-state index contributed by atoms with van der Waals surface area (Å²) in [5.74, 6) is 0.193. The van der Waals surface area contributed by atoms with Gasteiger partial charge in [0, 0.05) is 17.3 Å². The Bertz CT molecular complexity index is 918. The van der Waals surface area contributed by atoms with Crippen LogP contribution in [-0.4, -0.2) is 50.6 Å². The maximum absolute atomic E-state index is 13.0. The average molecular weight is 423 g/mol. The third-order valence-corrected chi connectivity index (χ3v) is 6.62. The number of amides is 2. The molecule has 0 bridgehead atoms. The lowest BCUT2D eigenvalue weighted by molar-refractivity contribution is -1.02. The van der Waals surface area contributed by atoms with Crippen LogP contribution in [0.5, 0.6) is 0 Å². The zero-order valence-corrected chi connectivity index (χ0v) is 18.5. The quantitative estimate of drug-likeness (QED) is 0.509. The van der Waals surface area contributed by atoms with Gasteiger partial charge in [0.2, 0.25) is 0 Å². The summed E-state index contributed by atoms with van der Waals surface area (Å²) in [6.07, 6.45) is 2.19. The number of benzene rings is 2. The van der Waals surface area contributed by atoms with Gasteiger partial charge in [-0.05, 0) is 43.9 Å². The molecule has 2 aliphatic rings. The maximum atomic E-state index is 13.0. The van der Waals surface area contributed by atoms with Crippen molar-refractivity contribution in [2.24, 2.45) is 0 Å². The largest absolute Gasteiger partial charge is 0.348 e. The molecule has 0 unspecified atom stereocenters. The zero-order valence-electron chi connectivity index (χ0n) is 18.5. The summed E-state index contributed by atoms with van der Waals surface area (Å²) >= 11 is 0. The SMILES string of the molecule is Cc1cccc(NC(=O)C[NH+]2CC[NH+]([C@@H](C(=O)NC3CC3)c3ccccc3)CC2)c1C. The molecule has 1 heterocycles. The van der Waals surface area contributed by atoms with E-state index >= 15 is 0 Å². The van der Waals surface area contributed by atoms with Gasteiger partial charge in [0.15, 0.2) is 12.6 Å². The Balaban J connectivity index is 1.34. The van der Waals surface area contributed by atoms with Gasteiger partial charge in [-0.2, -0.15) is 0 Å². The fourth-order valence-corrected chi connectivity index (χ4v) is 4.43. The molecule has 6 heteroatoms. The lowest BCUT2D eigenvalue weighted by Crippen LogP contribution is -3.28. The number of piperazine rings is 1. The highest BCUT2D eigenvalue weighted by Crippen LogP contribution is 2.20. The minimum atomic E-state index is -0.174. The first kappa shape index (κ1) is 21.5. The van der Waals surface area contributed by atoms with Gasteiger partial charge >= 0.3 is 0 Å². The van der Waals surface area contributed by atoms with Crippen LogP contribution in [-0.2, 0) is 9.59 Å². The lowest BCUT2D eigenvalue weighted by Gasteiger charge is -2.34. The van der Waals surface area contributed by atoms with Gasteiger partial charge in [0.05, 0.1) is 0 Å². The van der Waals surface area contributed by atoms with Crippen LogP contribution in [0.4, 0.5) is 5.69 Å². The van der Waals surface area contributed by atoms with Crippen molar-refractivity contribution in [3.8, 4) is 0 Å². The van der Waals surface area contributed by atoms with E-state index in [1.54, 1.807) is 0 Å². The van der Waals surface area contributed by atoms with Gasteiger partial charge < -0.3 is 20.4 Å². The molecule has 1 saturated carbocycles. The Morgan fingerprint density at radius 2 is 1.68 bits per heavy atom. The van der Waals surface area contributed by atoms with Crippen LogP contribution in [0.15, 0.2) is 48.5 Å². The molecule has 1 aliphatic heterocycles. The van der Waals surface area contributed by atoms with Gasteiger partial charge in [-0.15, -0.1) is 0 Å². The number of carbonyl (C=O) groups excluding carboxylic acids is 2. The molecule has 6 nitrogen and oxygen atoms in total. The summed E-state index contributed by atoms with van der Waals surface area (Å²) in [5, 5.41) is 6.27. The summed E-state index contributed by atoms with van der Waals surface area (Å²) in [6, 6.07) is 16.3. The molecule has 1 aliphatic carbocycles. The molecule has 1 atom stereocenters. The summed E-state index contributed by atoms with van der Waals surface area (Å²) in [7, 11) is 0. The molecule has 0 aromatic heterocycles. The van der Waals surface area contributed by atoms with Crippen molar-refractivity contribution in [3.05, 3.63) is 65.2 Å². The monoisotopic (exact) mass is 422 g/mol. The standard InChI is InChI=1S/C25H32N4O2/c1-18-7-6-10-22(19(18)2)27-23(30)17-28-13-15-29(16-14-28)24(20-8-4-3-5-9-20)25(31)26-21-11-12-21/h3-10,21,24H,11-17H2,1-2H3,(H,26,31)(H,27,30)/p+2/t24-/m1/s1. The third kappa shape index (κ3) is 5.51. The Morgan fingerprint density at radius 1 is 0.968 bits per heavy atom. The third-order valence-electron chi connectivity index (χ3n) is 6.62. The molecule has 2 amide bonds. The van der Waals surface area contributed by atoms with Crippen molar-refractivity contribution in [1.82, 2.24) is 5.32 Å². The van der Waals surface area contributed by atoms with Gasteiger partial charge in [-0.3, -0.25) is 9.59 Å². The number of hydrogen-bond donors (Lipinski definition) is 4. The number of aryl methyl sites for hydroxylation is 1. The Hall–Kier alpha value is -2.70. The van der Waals surface area contributed by atoms with E-state index in [0.29, 0.717) is 12.6 Å². The van der Waals surface area contributed by atoms with Crippen LogP contribution in [0.2, 0.25) is 0 Å². The number of rotatable bonds is 7. The highest BCUT2D eigenvalue weighted by atomic mass is 16.2. The molecule has 0 spiro atoms. The van der Waals surface area contributed by atoms with Crippen molar-refractivity contribution in [3.63, 3.8) is 0 Å². The molecule has 4 rings (SSSR count). The molecule has 4 N–H and O–H groups in total. The van der Waals surface area contributed by atoms with Gasteiger partial charge in [0.25, 0.3) is 11.8 Å². The van der Waals surface area contributed by atoms with Crippen LogP contribution in [0.25, 0.3) is 0 Å². The second-order valence-corrected chi connectivity index (χ2v) is 9.01. The highest BCUT2D eigenvalue weighted by molar-refractivity contribution is 5.92. The fraction of sp³-hybridized carbons (Fsp3) is 0.440. The predicted molar refractivity (Wildman–Crippen MR) is 121 cm³/mol. The number of nitrogens with one attached hydrogen (secondary N) is 4. The second-order valence-electron chi connectivity index (χ2n) is 9.01. The Morgan fingerprint density at radius 3 is 2.35 bits per heavy atom. The normalized spacial score (nSPS) is 21.9. The van der Waals surface area contributed by atoms with Crippen molar-refractivity contribution in [1.29, 1.82) is 0 Å². The van der Waals surface area contributed by atoms with E-state index < -0.39 is 0 Å². The average Bonchev–Trinajstić information content (AvgIpc) is 3.57. The van der Waals surface area contributed by atoms with Crippen molar-refractivity contribution < 1.29 is 19.4 Å².